The van der Waals surface area contributed by atoms with Crippen LogP contribution in [-0.4, -0.2) is 11.0 Å². The minimum Gasteiger partial charge on any atom is -0.264 e. The van der Waals surface area contributed by atoms with Crippen molar-refractivity contribution in [2.24, 2.45) is 0 Å². The Morgan fingerprint density at radius 1 is 1.46 bits per heavy atom. The normalized spacial score (nSPS) is 25.6. The molecule has 0 aliphatic heterocycles. The zero-order valence-corrected chi connectivity index (χ0v) is 8.40. The molecule has 0 spiro atoms. The highest BCUT2D eigenvalue weighted by molar-refractivity contribution is 9.10. The number of nitrogens with zero attached hydrogens (tertiary/aromatic N) is 1. The van der Waals surface area contributed by atoms with Crippen LogP contribution in [0.3, 0.4) is 0 Å². The molecule has 0 amide bonds. The Bertz CT molecular complexity index is 353. The predicted octanol–water partition coefficient (Wildman–Crippen LogP) is 2.58. The summed E-state index contributed by atoms with van der Waals surface area (Å²) in [7, 11) is 0. The van der Waals surface area contributed by atoms with Crippen LogP contribution >= 0.6 is 15.9 Å². The summed E-state index contributed by atoms with van der Waals surface area (Å²) in [6.45, 7) is 0. The standard InChI is InChI=1S/C9H8BrNO2/c10-8-4-2-1-3-6(8)7-5-9(7)11(12)13/h1-4,7,9H,5H2. The van der Waals surface area contributed by atoms with Gasteiger partial charge in [0, 0.05) is 15.8 Å². The average molecular weight is 242 g/mol. The smallest absolute Gasteiger partial charge is 0.221 e. The van der Waals surface area contributed by atoms with Gasteiger partial charge in [0.05, 0.1) is 5.92 Å². The molecule has 1 fully saturated rings. The molecule has 0 heterocycles. The van der Waals surface area contributed by atoms with Crippen LogP contribution in [0.5, 0.6) is 0 Å². The quantitative estimate of drug-likeness (QED) is 0.590. The third-order valence-electron chi connectivity index (χ3n) is 2.33. The van der Waals surface area contributed by atoms with Crippen molar-refractivity contribution >= 4 is 15.9 Å². The number of nitro groups is 1. The zero-order valence-electron chi connectivity index (χ0n) is 6.81. The molecule has 13 heavy (non-hydrogen) atoms. The minimum absolute atomic E-state index is 0.116. The van der Waals surface area contributed by atoms with Gasteiger partial charge in [-0.05, 0) is 11.6 Å². The van der Waals surface area contributed by atoms with Crippen LogP contribution in [0.1, 0.15) is 17.9 Å². The second kappa shape index (κ2) is 3.10. The van der Waals surface area contributed by atoms with Gasteiger partial charge in [0.2, 0.25) is 6.04 Å². The van der Waals surface area contributed by atoms with Crippen molar-refractivity contribution in [2.45, 2.75) is 18.4 Å². The fourth-order valence-electron chi connectivity index (χ4n) is 1.52. The molecule has 0 N–H and O–H groups in total. The molecule has 1 saturated carbocycles. The molecule has 68 valence electrons. The van der Waals surface area contributed by atoms with Crippen LogP contribution in [0.2, 0.25) is 0 Å². The molecule has 3 nitrogen and oxygen atoms in total. The van der Waals surface area contributed by atoms with E-state index in [1.54, 1.807) is 0 Å². The van der Waals surface area contributed by atoms with E-state index in [4.69, 9.17) is 0 Å². The molecule has 0 radical (unpaired) electrons. The second-order valence-corrected chi connectivity index (χ2v) is 4.07. The summed E-state index contributed by atoms with van der Waals surface area (Å²) in [4.78, 5) is 10.3. The van der Waals surface area contributed by atoms with E-state index in [0.29, 0.717) is 6.42 Å². The van der Waals surface area contributed by atoms with Gasteiger partial charge < -0.3 is 0 Å². The van der Waals surface area contributed by atoms with Gasteiger partial charge in [-0.2, -0.15) is 0 Å². The largest absolute Gasteiger partial charge is 0.264 e. The lowest BCUT2D eigenvalue weighted by Gasteiger charge is -1.99. The van der Waals surface area contributed by atoms with Crippen molar-refractivity contribution in [1.82, 2.24) is 0 Å². The first-order valence-electron chi connectivity index (χ1n) is 4.08. The van der Waals surface area contributed by atoms with Crippen LogP contribution in [0.15, 0.2) is 28.7 Å². The van der Waals surface area contributed by atoms with Crippen LogP contribution < -0.4 is 0 Å². The Labute approximate surface area is 84.0 Å². The number of halogens is 1. The van der Waals surface area contributed by atoms with Crippen molar-refractivity contribution in [2.75, 3.05) is 0 Å². The molecule has 2 rings (SSSR count). The Kier molecular flexibility index (Phi) is 2.07. The van der Waals surface area contributed by atoms with E-state index in [2.05, 4.69) is 15.9 Å². The minimum atomic E-state index is -0.362. The van der Waals surface area contributed by atoms with Gasteiger partial charge in [-0.25, -0.2) is 0 Å². The second-order valence-electron chi connectivity index (χ2n) is 3.22. The highest BCUT2D eigenvalue weighted by Gasteiger charge is 2.49. The van der Waals surface area contributed by atoms with Crippen LogP contribution in [0.25, 0.3) is 0 Å². The summed E-state index contributed by atoms with van der Waals surface area (Å²) >= 11 is 3.39. The Balaban J connectivity index is 2.21. The number of hydrogen-bond donors (Lipinski definition) is 0. The lowest BCUT2D eigenvalue weighted by molar-refractivity contribution is -0.496. The monoisotopic (exact) mass is 241 g/mol. The molecule has 1 aliphatic carbocycles. The molecule has 1 aliphatic rings. The lowest BCUT2D eigenvalue weighted by Crippen LogP contribution is -2.02. The molecule has 1 aromatic rings. The summed E-state index contributed by atoms with van der Waals surface area (Å²) < 4.78 is 0.976. The number of hydrogen-bond acceptors (Lipinski definition) is 2. The van der Waals surface area contributed by atoms with E-state index in [9.17, 15) is 10.1 Å². The summed E-state index contributed by atoms with van der Waals surface area (Å²) in [6.07, 6.45) is 0.676. The van der Waals surface area contributed by atoms with Crippen molar-refractivity contribution in [3.63, 3.8) is 0 Å². The van der Waals surface area contributed by atoms with Crippen molar-refractivity contribution in [3.8, 4) is 0 Å². The van der Waals surface area contributed by atoms with Gasteiger partial charge in [-0.15, -0.1) is 0 Å². The van der Waals surface area contributed by atoms with E-state index in [1.807, 2.05) is 24.3 Å². The maximum absolute atomic E-state index is 10.4. The third-order valence-corrected chi connectivity index (χ3v) is 3.05. The summed E-state index contributed by atoms with van der Waals surface area (Å²) in [5.41, 5.74) is 1.06. The van der Waals surface area contributed by atoms with Crippen molar-refractivity contribution in [1.29, 1.82) is 0 Å². The molecule has 2 unspecified atom stereocenters. The average Bonchev–Trinajstić information content (AvgIpc) is 2.84. The Morgan fingerprint density at radius 3 is 2.69 bits per heavy atom. The maximum atomic E-state index is 10.4. The SMILES string of the molecule is O=[N+]([O-])C1CC1c1ccccc1Br. The van der Waals surface area contributed by atoms with E-state index in [1.165, 1.54) is 0 Å². The molecule has 4 heteroatoms. The Morgan fingerprint density at radius 2 is 2.15 bits per heavy atom. The summed E-state index contributed by atoms with van der Waals surface area (Å²) in [6, 6.07) is 7.33. The first kappa shape index (κ1) is 8.69. The van der Waals surface area contributed by atoms with Gasteiger partial charge in [-0.1, -0.05) is 34.1 Å². The molecule has 2 atom stereocenters. The van der Waals surface area contributed by atoms with Crippen LogP contribution in [-0.2, 0) is 0 Å². The van der Waals surface area contributed by atoms with Gasteiger partial charge in [0.1, 0.15) is 0 Å². The van der Waals surface area contributed by atoms with E-state index >= 15 is 0 Å². The first-order valence-corrected chi connectivity index (χ1v) is 4.87. The van der Waals surface area contributed by atoms with Crippen LogP contribution in [0.4, 0.5) is 0 Å². The molecular weight excluding hydrogens is 234 g/mol. The summed E-state index contributed by atoms with van der Waals surface area (Å²) in [5.74, 6) is 0.116. The van der Waals surface area contributed by atoms with Crippen LogP contribution in [0, 0.1) is 10.1 Å². The first-order chi connectivity index (χ1) is 6.20. The molecule has 0 aromatic heterocycles. The zero-order chi connectivity index (χ0) is 9.42. The predicted molar refractivity (Wildman–Crippen MR) is 52.3 cm³/mol. The van der Waals surface area contributed by atoms with Crippen molar-refractivity contribution in [3.05, 3.63) is 44.4 Å². The van der Waals surface area contributed by atoms with Gasteiger partial charge in [-0.3, -0.25) is 10.1 Å². The molecule has 0 bridgehead atoms. The topological polar surface area (TPSA) is 43.1 Å². The van der Waals surface area contributed by atoms with Gasteiger partial charge in [0.25, 0.3) is 0 Å². The number of benzene rings is 1. The van der Waals surface area contributed by atoms with E-state index in [0.717, 1.165) is 10.0 Å². The van der Waals surface area contributed by atoms with Gasteiger partial charge in [0.15, 0.2) is 0 Å². The highest BCUT2D eigenvalue weighted by atomic mass is 79.9. The van der Waals surface area contributed by atoms with E-state index < -0.39 is 0 Å². The lowest BCUT2D eigenvalue weighted by atomic mass is 10.1. The third kappa shape index (κ3) is 1.58. The van der Waals surface area contributed by atoms with Gasteiger partial charge >= 0.3 is 0 Å². The highest BCUT2D eigenvalue weighted by Crippen LogP contribution is 2.45. The fraction of sp³-hybridized carbons (Fsp3) is 0.333. The fourth-order valence-corrected chi connectivity index (χ4v) is 2.10. The van der Waals surface area contributed by atoms with Crippen molar-refractivity contribution < 1.29 is 4.92 Å². The number of rotatable bonds is 2. The maximum Gasteiger partial charge on any atom is 0.221 e. The van der Waals surface area contributed by atoms with E-state index in [-0.39, 0.29) is 16.9 Å². The molecule has 1 aromatic carbocycles. The molecule has 0 saturated heterocycles. The summed E-state index contributed by atoms with van der Waals surface area (Å²) in [5, 5.41) is 10.4. The molecular formula is C9H8BrNO2. The Hall–Kier alpha value is -0.900.